The van der Waals surface area contributed by atoms with Crippen molar-refractivity contribution >= 4 is 151 Å². The van der Waals surface area contributed by atoms with Crippen LogP contribution in [-0.2, 0) is 0 Å². The Hall–Kier alpha value is 1.05. The molecule has 1 N–H and O–H groups in total. The first kappa shape index (κ1) is 29.1. The number of halogens is 12. The first-order valence-corrected chi connectivity index (χ1v) is 15.0. The van der Waals surface area contributed by atoms with E-state index < -0.39 is 74.0 Å². The van der Waals surface area contributed by atoms with E-state index in [9.17, 15) is 20.0 Å². The minimum atomic E-state index is -2.12. The van der Waals surface area contributed by atoms with E-state index in [1.54, 1.807) is 0 Å². The number of hydrogen-bond acceptors (Lipinski definition) is 3. The summed E-state index contributed by atoms with van der Waals surface area (Å²) in [5.74, 6) is -5.95. The smallest absolute Gasteiger partial charge is 0.342 e. The second-order valence-electron chi connectivity index (χ2n) is 9.82. The molecule has 0 aliphatic heterocycles. The molecule has 1 aromatic carbocycles. The number of nitro benzene ring substituents is 1. The zero-order valence-electron chi connectivity index (χ0n) is 17.6. The lowest BCUT2D eigenvalue weighted by atomic mass is 9.57. The summed E-state index contributed by atoms with van der Waals surface area (Å²) in [6.45, 7) is 0. The summed E-state index contributed by atoms with van der Waals surface area (Å²) in [7, 11) is 0. The van der Waals surface area contributed by atoms with Crippen LogP contribution in [0.25, 0.3) is 0 Å². The number of carbonyl (C=O) groups is 1. The highest BCUT2D eigenvalue weighted by atomic mass is 35.5. The zero-order chi connectivity index (χ0) is 28.5. The first-order valence-electron chi connectivity index (χ1n) is 10.4. The van der Waals surface area contributed by atoms with Crippen molar-refractivity contribution in [2.24, 2.45) is 11.8 Å². The van der Waals surface area contributed by atoms with Crippen molar-refractivity contribution < 1.29 is 14.8 Å². The molecule has 5 aliphatic rings. The fourth-order valence-corrected chi connectivity index (χ4v) is 13.3. The summed E-state index contributed by atoms with van der Waals surface area (Å²) in [5, 5.41) is 21.1. The van der Waals surface area contributed by atoms with Crippen molar-refractivity contribution in [3.05, 3.63) is 59.1 Å². The maximum Gasteiger partial charge on any atom is 0.342 e. The molecule has 2 fully saturated rings. The van der Waals surface area contributed by atoms with Gasteiger partial charge in [0.15, 0.2) is 8.67 Å². The van der Waals surface area contributed by atoms with Gasteiger partial charge in [-0.2, -0.15) is 0 Å². The number of fused-ring (bicyclic) bond motifs is 14. The monoisotopic (exact) mass is 757 g/mol. The SMILES string of the molecule is O=C(O)c1cc2c(cc1[N+](=O)[O-])[C@@H]1[C@H]([C@H]3[C@H]2[C@@]2(Cl)C(Cl)=C(Cl)[C@@]3(Cl)C2(Cl)Cl)[C@@]2(Cl)C(Cl)=C(Cl)[C@@]1(Cl)C2(Cl)Cl. The van der Waals surface area contributed by atoms with E-state index in [0.717, 1.165) is 12.1 Å². The lowest BCUT2D eigenvalue weighted by Gasteiger charge is -2.52. The van der Waals surface area contributed by atoms with E-state index in [2.05, 4.69) is 0 Å². The van der Waals surface area contributed by atoms with Gasteiger partial charge in [-0.25, -0.2) is 4.79 Å². The highest BCUT2D eigenvalue weighted by Gasteiger charge is 2.91. The van der Waals surface area contributed by atoms with Crippen molar-refractivity contribution in [1.82, 2.24) is 0 Å². The topological polar surface area (TPSA) is 80.4 Å². The molecule has 0 amide bonds. The van der Waals surface area contributed by atoms with Crippen LogP contribution in [0.5, 0.6) is 0 Å². The fraction of sp³-hybridized carbons (Fsp3) is 0.476. The molecule has 17 heteroatoms. The van der Waals surface area contributed by atoms with E-state index in [-0.39, 0.29) is 31.3 Å². The van der Waals surface area contributed by atoms with E-state index in [1.165, 1.54) is 0 Å². The van der Waals surface area contributed by atoms with Crippen LogP contribution in [-0.4, -0.2) is 44.2 Å². The van der Waals surface area contributed by atoms with Gasteiger partial charge < -0.3 is 5.11 Å². The number of nitrogens with zero attached hydrogens (tertiary/aromatic N) is 1. The lowest BCUT2D eigenvalue weighted by molar-refractivity contribution is -0.385. The van der Waals surface area contributed by atoms with E-state index >= 15 is 0 Å². The number of carboxylic acids is 1. The third-order valence-electron chi connectivity index (χ3n) is 8.67. The molecule has 0 spiro atoms. The number of hydrogen-bond donors (Lipinski definition) is 1. The summed E-state index contributed by atoms with van der Waals surface area (Å²) in [6, 6.07) is 2.14. The molecular formula is C21H7Cl12NO4. The van der Waals surface area contributed by atoms with Gasteiger partial charge in [0, 0.05) is 29.7 Å². The van der Waals surface area contributed by atoms with E-state index in [0.29, 0.717) is 0 Å². The normalized spacial score (nSPS) is 44.8. The molecule has 0 aromatic heterocycles. The summed E-state index contributed by atoms with van der Waals surface area (Å²) >= 11 is 82.8. The van der Waals surface area contributed by atoms with Gasteiger partial charge in [-0.15, -0.1) is 46.4 Å². The molecule has 2 saturated carbocycles. The molecule has 5 aliphatic carbocycles. The van der Waals surface area contributed by atoms with Crippen LogP contribution < -0.4 is 0 Å². The molecule has 0 heterocycles. The van der Waals surface area contributed by atoms with Crippen LogP contribution in [0.3, 0.4) is 0 Å². The summed E-state index contributed by atoms with van der Waals surface area (Å²) in [4.78, 5) is 15.5. The molecule has 0 unspecified atom stereocenters. The van der Waals surface area contributed by atoms with Crippen molar-refractivity contribution in [2.45, 2.75) is 40.0 Å². The van der Waals surface area contributed by atoms with Gasteiger partial charge in [-0.05, 0) is 17.2 Å². The maximum absolute atomic E-state index is 12.1. The summed E-state index contributed by atoms with van der Waals surface area (Å²) in [6.07, 6.45) is 0. The van der Waals surface area contributed by atoms with Crippen LogP contribution in [0.2, 0.25) is 0 Å². The molecule has 8 atom stereocenters. The Morgan fingerprint density at radius 1 is 0.711 bits per heavy atom. The largest absolute Gasteiger partial charge is 0.477 e. The van der Waals surface area contributed by atoms with Crippen LogP contribution in [0.4, 0.5) is 5.69 Å². The number of alkyl halides is 8. The van der Waals surface area contributed by atoms with Crippen LogP contribution >= 0.6 is 139 Å². The average Bonchev–Trinajstić information content (AvgIpc) is 3.17. The van der Waals surface area contributed by atoms with E-state index in [1.807, 2.05) is 0 Å². The predicted molar refractivity (Wildman–Crippen MR) is 153 cm³/mol. The quantitative estimate of drug-likeness (QED) is 0.185. The Kier molecular flexibility index (Phi) is 6.10. The third kappa shape index (κ3) is 2.56. The Morgan fingerprint density at radius 3 is 1.39 bits per heavy atom. The summed E-state index contributed by atoms with van der Waals surface area (Å²) < 4.78 is -4.23. The first-order chi connectivity index (χ1) is 17.2. The van der Waals surface area contributed by atoms with E-state index in [4.69, 9.17) is 139 Å². The van der Waals surface area contributed by atoms with Gasteiger partial charge in [0.25, 0.3) is 5.69 Å². The fourth-order valence-electron chi connectivity index (χ4n) is 7.26. The van der Waals surface area contributed by atoms with Crippen LogP contribution in [0.1, 0.15) is 33.3 Å². The molecule has 0 saturated heterocycles. The lowest BCUT2D eigenvalue weighted by Crippen LogP contribution is -2.53. The zero-order valence-corrected chi connectivity index (χ0v) is 26.7. The number of allylic oxidation sites excluding steroid dienone is 4. The average molecular weight is 763 g/mol. The number of rotatable bonds is 2. The summed E-state index contributed by atoms with van der Waals surface area (Å²) in [5.41, 5.74) is -1.09. The second kappa shape index (κ2) is 7.95. The minimum Gasteiger partial charge on any atom is -0.477 e. The predicted octanol–water partition coefficient (Wildman–Crippen LogP) is 9.40. The molecule has 5 nitrogen and oxygen atoms in total. The Labute approximate surface area is 274 Å². The Morgan fingerprint density at radius 2 is 1.05 bits per heavy atom. The highest BCUT2D eigenvalue weighted by Crippen LogP contribution is 2.88. The van der Waals surface area contributed by atoms with Gasteiger partial charge >= 0.3 is 5.97 Å². The molecule has 4 bridgehead atoms. The number of aromatic carboxylic acids is 1. The highest BCUT2D eigenvalue weighted by molar-refractivity contribution is 6.67. The van der Waals surface area contributed by atoms with Crippen molar-refractivity contribution in [2.75, 3.05) is 0 Å². The van der Waals surface area contributed by atoms with Gasteiger partial charge in [-0.3, -0.25) is 10.1 Å². The molecule has 0 radical (unpaired) electrons. The van der Waals surface area contributed by atoms with Crippen molar-refractivity contribution in [3.8, 4) is 0 Å². The van der Waals surface area contributed by atoms with Gasteiger partial charge in [0.2, 0.25) is 0 Å². The molecule has 6 rings (SSSR count). The number of nitro groups is 1. The minimum absolute atomic E-state index is 0.135. The second-order valence-corrected chi connectivity index (χ2v) is 16.4. The van der Waals surface area contributed by atoms with Gasteiger partial charge in [0.05, 0.1) is 25.1 Å². The molecule has 38 heavy (non-hydrogen) atoms. The number of carboxylic acid groups (broad SMARTS) is 1. The standard InChI is InChI=1S/C21H7Cl12NO4/c22-11-13(24)18(28)9-7(16(11,26)20(18,30)31)3-1-5(15(35)36)6(34(37)38)2-4(3)8-10(9)19(29)14(25)12(23)17(8,27)21(19,32)33/h1-2,7-10H,(H,35,36)/t7-,8+,9+,10+,16+,17+,18+,19+/m0/s1. The van der Waals surface area contributed by atoms with Gasteiger partial charge in [0.1, 0.15) is 25.1 Å². The number of benzene rings is 1. The maximum atomic E-state index is 12.1. The third-order valence-corrected chi connectivity index (χ3v) is 17.2. The Bertz CT molecular complexity index is 1380. The van der Waals surface area contributed by atoms with Crippen LogP contribution in [0.15, 0.2) is 32.3 Å². The van der Waals surface area contributed by atoms with Crippen molar-refractivity contribution in [3.63, 3.8) is 0 Å². The van der Waals surface area contributed by atoms with Crippen LogP contribution in [0, 0.1) is 22.0 Å². The van der Waals surface area contributed by atoms with Gasteiger partial charge in [-0.1, -0.05) is 92.8 Å². The molecule has 204 valence electrons. The molecule has 1 aromatic rings. The molecular weight excluding hydrogens is 756 g/mol. The van der Waals surface area contributed by atoms with Crippen molar-refractivity contribution in [1.29, 1.82) is 0 Å². The Balaban J connectivity index is 1.82.